The van der Waals surface area contributed by atoms with Crippen LogP contribution in [0.15, 0.2) is 77.3 Å². The predicted octanol–water partition coefficient (Wildman–Crippen LogP) is 4.17. The Balaban J connectivity index is 1.45. The molecule has 1 saturated carbocycles. The van der Waals surface area contributed by atoms with Crippen LogP contribution in [0.1, 0.15) is 24.6 Å². The second-order valence-corrected chi connectivity index (χ2v) is 8.28. The van der Waals surface area contributed by atoms with Gasteiger partial charge in [-0.05, 0) is 48.4 Å². The van der Waals surface area contributed by atoms with Crippen LogP contribution in [-0.2, 0) is 0 Å². The molecule has 1 aromatic carbocycles. The Morgan fingerprint density at radius 1 is 0.966 bits per heavy atom. The van der Waals surface area contributed by atoms with Gasteiger partial charge in [-0.15, -0.1) is 5.10 Å². The van der Waals surface area contributed by atoms with Gasteiger partial charge in [0.2, 0.25) is 0 Å². The second-order valence-electron chi connectivity index (χ2n) is 7.33. The lowest BCUT2D eigenvalue weighted by Gasteiger charge is -2.26. The quantitative estimate of drug-likeness (QED) is 0.557. The van der Waals surface area contributed by atoms with Crippen LogP contribution < -0.4 is 5.32 Å². The predicted molar refractivity (Wildman–Crippen MR) is 111 cm³/mol. The lowest BCUT2D eigenvalue weighted by Crippen LogP contribution is -2.33. The number of benzene rings is 1. The van der Waals surface area contributed by atoms with E-state index in [0.29, 0.717) is 11.9 Å². The molecule has 6 rings (SSSR count). The van der Waals surface area contributed by atoms with E-state index in [1.54, 1.807) is 24.2 Å². The van der Waals surface area contributed by atoms with Crippen molar-refractivity contribution in [3.63, 3.8) is 0 Å². The molecule has 1 aliphatic heterocycles. The SMILES string of the molecule is c1ccc(-c2cnc3c(c2)[C@@H](NC2CC2)n2nc(-c4ccncc4)nc2S3)cc1. The molecule has 0 spiro atoms. The molecule has 1 fully saturated rings. The van der Waals surface area contributed by atoms with Crippen molar-refractivity contribution in [3.05, 3.63) is 72.7 Å². The number of fused-ring (bicyclic) bond motifs is 2. The summed E-state index contributed by atoms with van der Waals surface area (Å²) in [6.07, 6.45) is 7.83. The standard InChI is InChI=1S/C22H18N6S/c1-2-4-14(5-3-1)16-12-18-20(25-17-6-7-17)28-22(29-21(18)24-13-16)26-19(27-28)15-8-10-23-11-9-15/h1-5,8-13,17,20,25H,6-7H2/t20-/m0/s1. The number of hydrogen-bond acceptors (Lipinski definition) is 6. The van der Waals surface area contributed by atoms with E-state index in [2.05, 4.69) is 40.6 Å². The minimum absolute atomic E-state index is 0.0620. The molecule has 0 unspecified atom stereocenters. The highest BCUT2D eigenvalue weighted by atomic mass is 32.2. The van der Waals surface area contributed by atoms with Gasteiger partial charge in [0.05, 0.1) is 0 Å². The Kier molecular flexibility index (Phi) is 3.95. The van der Waals surface area contributed by atoms with E-state index in [4.69, 9.17) is 15.1 Å². The summed E-state index contributed by atoms with van der Waals surface area (Å²) in [7, 11) is 0. The fourth-order valence-electron chi connectivity index (χ4n) is 3.56. The van der Waals surface area contributed by atoms with E-state index in [1.807, 2.05) is 29.1 Å². The van der Waals surface area contributed by atoms with Gasteiger partial charge in [0, 0.05) is 41.3 Å². The molecule has 0 radical (unpaired) electrons. The first kappa shape index (κ1) is 16.9. The molecular weight excluding hydrogens is 380 g/mol. The zero-order valence-corrected chi connectivity index (χ0v) is 16.4. The smallest absolute Gasteiger partial charge is 0.194 e. The number of aromatic nitrogens is 5. The van der Waals surface area contributed by atoms with E-state index < -0.39 is 0 Å². The Morgan fingerprint density at radius 2 is 1.79 bits per heavy atom. The molecule has 7 heteroatoms. The highest BCUT2D eigenvalue weighted by Gasteiger charge is 2.34. The Bertz CT molecular complexity index is 1170. The normalized spacial score (nSPS) is 17.6. The molecule has 3 aromatic heterocycles. The highest BCUT2D eigenvalue weighted by Crippen LogP contribution is 2.41. The van der Waals surface area contributed by atoms with Crippen molar-refractivity contribution in [3.8, 4) is 22.5 Å². The van der Waals surface area contributed by atoms with Crippen molar-refractivity contribution in [2.24, 2.45) is 0 Å². The second kappa shape index (κ2) is 6.79. The molecule has 6 nitrogen and oxygen atoms in total. The van der Waals surface area contributed by atoms with Crippen LogP contribution >= 0.6 is 11.8 Å². The van der Waals surface area contributed by atoms with E-state index in [1.165, 1.54) is 18.4 Å². The summed E-state index contributed by atoms with van der Waals surface area (Å²) in [5.74, 6) is 0.716. The van der Waals surface area contributed by atoms with Crippen molar-refractivity contribution in [2.45, 2.75) is 35.2 Å². The largest absolute Gasteiger partial charge is 0.289 e. The van der Waals surface area contributed by atoms with Gasteiger partial charge in [0.25, 0.3) is 0 Å². The Morgan fingerprint density at radius 3 is 2.59 bits per heavy atom. The summed E-state index contributed by atoms with van der Waals surface area (Å²) in [5, 5.41) is 10.4. The van der Waals surface area contributed by atoms with Crippen molar-refractivity contribution < 1.29 is 0 Å². The fraction of sp³-hybridized carbons (Fsp3) is 0.182. The number of nitrogens with zero attached hydrogens (tertiary/aromatic N) is 5. The Hall–Kier alpha value is -3.03. The maximum Gasteiger partial charge on any atom is 0.194 e. The third-order valence-corrected chi connectivity index (χ3v) is 6.22. The van der Waals surface area contributed by atoms with Crippen LogP contribution in [0.2, 0.25) is 0 Å². The van der Waals surface area contributed by atoms with E-state index in [9.17, 15) is 0 Å². The molecule has 4 aromatic rings. The van der Waals surface area contributed by atoms with Crippen molar-refractivity contribution in [1.29, 1.82) is 0 Å². The first-order valence-corrected chi connectivity index (χ1v) is 10.5. The first-order valence-electron chi connectivity index (χ1n) is 9.71. The summed E-state index contributed by atoms with van der Waals surface area (Å²) in [4.78, 5) is 13.7. The topological polar surface area (TPSA) is 68.5 Å². The van der Waals surface area contributed by atoms with Gasteiger partial charge in [-0.25, -0.2) is 14.6 Å². The van der Waals surface area contributed by atoms with Crippen molar-refractivity contribution >= 4 is 11.8 Å². The van der Waals surface area contributed by atoms with Crippen LogP contribution in [0.3, 0.4) is 0 Å². The van der Waals surface area contributed by atoms with Crippen molar-refractivity contribution in [2.75, 3.05) is 0 Å². The van der Waals surface area contributed by atoms with Gasteiger partial charge in [-0.3, -0.25) is 10.3 Å². The maximum atomic E-state index is 4.85. The van der Waals surface area contributed by atoms with E-state index >= 15 is 0 Å². The molecule has 0 amide bonds. The van der Waals surface area contributed by atoms with E-state index in [0.717, 1.165) is 26.9 Å². The fourth-order valence-corrected chi connectivity index (χ4v) is 4.50. The molecule has 0 bridgehead atoms. The minimum atomic E-state index is -0.0620. The van der Waals surface area contributed by atoms with Crippen LogP contribution in [0.5, 0.6) is 0 Å². The third kappa shape index (κ3) is 3.12. The monoisotopic (exact) mass is 398 g/mol. The average Bonchev–Trinajstić information content (AvgIpc) is 3.50. The zero-order valence-electron chi connectivity index (χ0n) is 15.6. The van der Waals surface area contributed by atoms with E-state index in [-0.39, 0.29) is 6.17 Å². The number of nitrogens with one attached hydrogen (secondary N) is 1. The van der Waals surface area contributed by atoms with Gasteiger partial charge >= 0.3 is 0 Å². The van der Waals surface area contributed by atoms with Crippen LogP contribution in [0.4, 0.5) is 0 Å². The van der Waals surface area contributed by atoms with Crippen LogP contribution in [-0.4, -0.2) is 30.8 Å². The van der Waals surface area contributed by atoms with Crippen molar-refractivity contribution in [1.82, 2.24) is 30.0 Å². The van der Waals surface area contributed by atoms with Gasteiger partial charge < -0.3 is 0 Å². The molecule has 1 atom stereocenters. The minimum Gasteiger partial charge on any atom is -0.289 e. The molecule has 142 valence electrons. The van der Waals surface area contributed by atoms with Crippen LogP contribution in [0.25, 0.3) is 22.5 Å². The number of hydrogen-bond donors (Lipinski definition) is 1. The summed E-state index contributed by atoms with van der Waals surface area (Å²) in [6, 6.07) is 17.0. The molecule has 29 heavy (non-hydrogen) atoms. The van der Waals surface area contributed by atoms with Gasteiger partial charge in [-0.1, -0.05) is 30.3 Å². The molecule has 0 saturated heterocycles. The van der Waals surface area contributed by atoms with Crippen LogP contribution in [0, 0.1) is 0 Å². The van der Waals surface area contributed by atoms with Gasteiger partial charge in [-0.2, -0.15) is 0 Å². The average molecular weight is 398 g/mol. The van der Waals surface area contributed by atoms with Gasteiger partial charge in [0.1, 0.15) is 11.2 Å². The van der Waals surface area contributed by atoms with Gasteiger partial charge in [0.15, 0.2) is 11.0 Å². The number of pyridine rings is 2. The highest BCUT2D eigenvalue weighted by molar-refractivity contribution is 7.99. The lowest BCUT2D eigenvalue weighted by molar-refractivity contribution is 0.384. The molecule has 1 aliphatic carbocycles. The lowest BCUT2D eigenvalue weighted by atomic mass is 10.0. The molecule has 4 heterocycles. The Labute approximate surface area is 172 Å². The summed E-state index contributed by atoms with van der Waals surface area (Å²) >= 11 is 1.58. The number of rotatable bonds is 4. The zero-order chi connectivity index (χ0) is 19.2. The summed E-state index contributed by atoms with van der Waals surface area (Å²) in [5.41, 5.74) is 4.40. The molecule has 1 N–H and O–H groups in total. The summed E-state index contributed by atoms with van der Waals surface area (Å²) in [6.45, 7) is 0. The molecular formula is C22H18N6S. The summed E-state index contributed by atoms with van der Waals surface area (Å²) < 4.78 is 2.01. The maximum absolute atomic E-state index is 4.85. The first-order chi connectivity index (χ1) is 14.3. The molecule has 2 aliphatic rings. The third-order valence-electron chi connectivity index (χ3n) is 5.22.